The Morgan fingerprint density at radius 3 is 2.53 bits per heavy atom. The Balaban J connectivity index is 1.79. The van der Waals surface area contributed by atoms with Gasteiger partial charge in [-0.15, -0.1) is 0 Å². The Labute approximate surface area is 104 Å². The van der Waals surface area contributed by atoms with E-state index < -0.39 is 0 Å². The van der Waals surface area contributed by atoms with Crippen molar-refractivity contribution in [3.8, 4) is 0 Å². The standard InChI is InChI=1S/C15H22N2/c16-17(15-11-5-2-6-12-15)13-7-10-14-8-3-1-4-9-14/h2,5-7,10-12,14H,1,3-4,8-9,13,16H2. The molecule has 0 radical (unpaired) electrons. The van der Waals surface area contributed by atoms with Crippen LogP contribution in [0, 0.1) is 5.92 Å². The van der Waals surface area contributed by atoms with Gasteiger partial charge in [0.15, 0.2) is 0 Å². The zero-order chi connectivity index (χ0) is 11.9. The van der Waals surface area contributed by atoms with Gasteiger partial charge >= 0.3 is 0 Å². The first kappa shape index (κ1) is 12.2. The van der Waals surface area contributed by atoms with Crippen molar-refractivity contribution in [1.82, 2.24) is 0 Å². The molecule has 1 saturated carbocycles. The van der Waals surface area contributed by atoms with Gasteiger partial charge in [-0.3, -0.25) is 0 Å². The van der Waals surface area contributed by atoms with E-state index in [-0.39, 0.29) is 0 Å². The maximum absolute atomic E-state index is 5.99. The van der Waals surface area contributed by atoms with E-state index in [9.17, 15) is 0 Å². The highest BCUT2D eigenvalue weighted by molar-refractivity contribution is 5.44. The van der Waals surface area contributed by atoms with Crippen molar-refractivity contribution >= 4 is 5.69 Å². The van der Waals surface area contributed by atoms with E-state index in [1.165, 1.54) is 32.1 Å². The lowest BCUT2D eigenvalue weighted by atomic mass is 9.89. The molecule has 1 fully saturated rings. The molecule has 2 N–H and O–H groups in total. The van der Waals surface area contributed by atoms with Gasteiger partial charge in [0.25, 0.3) is 0 Å². The Morgan fingerprint density at radius 2 is 1.82 bits per heavy atom. The number of benzene rings is 1. The third kappa shape index (κ3) is 3.90. The minimum Gasteiger partial charge on any atom is -0.307 e. The molecule has 1 aliphatic rings. The topological polar surface area (TPSA) is 29.3 Å². The first-order valence-electron chi connectivity index (χ1n) is 6.60. The van der Waals surface area contributed by atoms with Crippen molar-refractivity contribution in [3.63, 3.8) is 0 Å². The van der Waals surface area contributed by atoms with Gasteiger partial charge in [-0.2, -0.15) is 0 Å². The summed E-state index contributed by atoms with van der Waals surface area (Å²) in [6.45, 7) is 0.792. The van der Waals surface area contributed by atoms with E-state index in [1.54, 1.807) is 5.01 Å². The van der Waals surface area contributed by atoms with Crippen LogP contribution in [0.1, 0.15) is 32.1 Å². The SMILES string of the molecule is NN(CC=CC1CCCCC1)c1ccccc1. The van der Waals surface area contributed by atoms with Crippen molar-refractivity contribution in [2.45, 2.75) is 32.1 Å². The molecular formula is C15H22N2. The van der Waals surface area contributed by atoms with Gasteiger partial charge in [0.05, 0.1) is 12.2 Å². The number of hydrazine groups is 1. The summed E-state index contributed by atoms with van der Waals surface area (Å²) in [7, 11) is 0. The van der Waals surface area contributed by atoms with Crippen LogP contribution < -0.4 is 10.9 Å². The highest BCUT2D eigenvalue weighted by Gasteiger charge is 2.09. The number of allylic oxidation sites excluding steroid dienone is 1. The molecule has 2 nitrogen and oxygen atoms in total. The molecule has 0 amide bonds. The summed E-state index contributed by atoms with van der Waals surface area (Å²) in [5.41, 5.74) is 1.07. The van der Waals surface area contributed by atoms with Crippen LogP contribution in [0.15, 0.2) is 42.5 Å². The predicted octanol–water partition coefficient (Wildman–Crippen LogP) is 3.50. The number of nitrogens with two attached hydrogens (primary N) is 1. The number of hydrogen-bond donors (Lipinski definition) is 1. The second-order valence-electron chi connectivity index (χ2n) is 4.81. The van der Waals surface area contributed by atoms with Gasteiger partial charge in [0.1, 0.15) is 0 Å². The molecule has 0 saturated heterocycles. The third-order valence-electron chi connectivity index (χ3n) is 3.45. The molecule has 0 aliphatic heterocycles. The van der Waals surface area contributed by atoms with Crippen molar-refractivity contribution < 1.29 is 0 Å². The van der Waals surface area contributed by atoms with Gasteiger partial charge in [-0.05, 0) is 30.9 Å². The van der Waals surface area contributed by atoms with Gasteiger partial charge in [0, 0.05) is 0 Å². The second-order valence-corrected chi connectivity index (χ2v) is 4.81. The number of anilines is 1. The summed E-state index contributed by atoms with van der Waals surface area (Å²) in [6.07, 6.45) is 11.5. The molecule has 1 aromatic carbocycles. The maximum Gasteiger partial charge on any atom is 0.0523 e. The van der Waals surface area contributed by atoms with Crippen molar-refractivity contribution in [2.24, 2.45) is 11.8 Å². The molecule has 1 aliphatic carbocycles. The number of para-hydroxylation sites is 1. The van der Waals surface area contributed by atoms with Crippen LogP contribution in [0.5, 0.6) is 0 Å². The zero-order valence-corrected chi connectivity index (χ0v) is 10.4. The van der Waals surface area contributed by atoms with Gasteiger partial charge in [-0.25, -0.2) is 5.84 Å². The van der Waals surface area contributed by atoms with Crippen LogP contribution in [-0.2, 0) is 0 Å². The quantitative estimate of drug-likeness (QED) is 0.487. The molecule has 0 spiro atoms. The van der Waals surface area contributed by atoms with Crippen LogP contribution in [0.3, 0.4) is 0 Å². The van der Waals surface area contributed by atoms with E-state index in [4.69, 9.17) is 5.84 Å². The molecule has 2 rings (SSSR count). The van der Waals surface area contributed by atoms with Crippen molar-refractivity contribution in [1.29, 1.82) is 0 Å². The highest BCUT2D eigenvalue weighted by Crippen LogP contribution is 2.24. The Bertz CT molecular complexity index is 339. The summed E-state index contributed by atoms with van der Waals surface area (Å²) in [5, 5.41) is 1.79. The van der Waals surface area contributed by atoms with E-state index in [1.807, 2.05) is 30.3 Å². The smallest absolute Gasteiger partial charge is 0.0523 e. The van der Waals surface area contributed by atoms with Gasteiger partial charge < -0.3 is 5.01 Å². The van der Waals surface area contributed by atoms with Gasteiger partial charge in [0.2, 0.25) is 0 Å². The lowest BCUT2D eigenvalue weighted by molar-refractivity contribution is 0.419. The average Bonchev–Trinajstić information content (AvgIpc) is 2.41. The lowest BCUT2D eigenvalue weighted by Gasteiger charge is -2.19. The summed E-state index contributed by atoms with van der Waals surface area (Å²) in [5.74, 6) is 6.78. The predicted molar refractivity (Wildman–Crippen MR) is 73.7 cm³/mol. The zero-order valence-electron chi connectivity index (χ0n) is 10.4. The fraction of sp³-hybridized carbons (Fsp3) is 0.467. The second kappa shape index (κ2) is 6.45. The highest BCUT2D eigenvalue weighted by atomic mass is 15.4. The molecule has 1 aromatic rings. The van der Waals surface area contributed by atoms with E-state index in [0.29, 0.717) is 0 Å². The molecular weight excluding hydrogens is 208 g/mol. The van der Waals surface area contributed by atoms with Crippen LogP contribution >= 0.6 is 0 Å². The summed E-state index contributed by atoms with van der Waals surface area (Å²) in [4.78, 5) is 0. The maximum atomic E-state index is 5.99. The Morgan fingerprint density at radius 1 is 1.12 bits per heavy atom. The van der Waals surface area contributed by atoms with Crippen LogP contribution in [0.4, 0.5) is 5.69 Å². The summed E-state index contributed by atoms with van der Waals surface area (Å²) in [6, 6.07) is 10.1. The largest absolute Gasteiger partial charge is 0.307 e. The molecule has 0 aromatic heterocycles. The normalized spacial score (nSPS) is 17.5. The number of hydrogen-bond acceptors (Lipinski definition) is 2. The van der Waals surface area contributed by atoms with Crippen LogP contribution in [0.25, 0.3) is 0 Å². The fourth-order valence-electron chi connectivity index (χ4n) is 2.42. The molecule has 0 unspecified atom stereocenters. The lowest BCUT2D eigenvalue weighted by Crippen LogP contribution is -2.30. The van der Waals surface area contributed by atoms with E-state index >= 15 is 0 Å². The first-order chi connectivity index (χ1) is 8.36. The molecule has 0 bridgehead atoms. The number of rotatable bonds is 4. The third-order valence-corrected chi connectivity index (χ3v) is 3.45. The minimum absolute atomic E-state index is 0.785. The van der Waals surface area contributed by atoms with Crippen molar-refractivity contribution in [2.75, 3.05) is 11.6 Å². The Hall–Kier alpha value is -1.28. The molecule has 2 heteroatoms. The molecule has 0 heterocycles. The fourth-order valence-corrected chi connectivity index (χ4v) is 2.42. The Kier molecular flexibility index (Phi) is 4.63. The summed E-state index contributed by atoms with van der Waals surface area (Å²) >= 11 is 0. The van der Waals surface area contributed by atoms with Crippen LogP contribution in [-0.4, -0.2) is 6.54 Å². The molecule has 92 valence electrons. The minimum atomic E-state index is 0.785. The first-order valence-corrected chi connectivity index (χ1v) is 6.60. The monoisotopic (exact) mass is 230 g/mol. The van der Waals surface area contributed by atoms with Crippen LogP contribution in [0.2, 0.25) is 0 Å². The van der Waals surface area contributed by atoms with E-state index in [0.717, 1.165) is 18.2 Å². The average molecular weight is 230 g/mol. The molecule has 17 heavy (non-hydrogen) atoms. The molecule has 0 atom stereocenters. The summed E-state index contributed by atoms with van der Waals surface area (Å²) < 4.78 is 0. The number of nitrogens with zero attached hydrogens (tertiary/aromatic N) is 1. The van der Waals surface area contributed by atoms with Gasteiger partial charge in [-0.1, -0.05) is 49.6 Å². The van der Waals surface area contributed by atoms with E-state index in [2.05, 4.69) is 12.2 Å². The van der Waals surface area contributed by atoms with Crippen molar-refractivity contribution in [3.05, 3.63) is 42.5 Å².